The molecule has 0 saturated heterocycles. The molecule has 1 aromatic rings. The lowest BCUT2D eigenvalue weighted by molar-refractivity contribution is -0.166. The van der Waals surface area contributed by atoms with Crippen LogP contribution in [-0.4, -0.2) is 37.2 Å². The molecule has 1 fully saturated rings. The number of carbonyl (C=O) groups is 2. The number of ether oxygens (including phenoxy) is 2. The van der Waals surface area contributed by atoms with Crippen molar-refractivity contribution < 1.29 is 19.1 Å². The monoisotopic (exact) mass is 370 g/mol. The molecule has 0 heterocycles. The molecule has 25 heavy (non-hydrogen) atoms. The second-order valence-corrected chi connectivity index (χ2v) is 6.82. The predicted molar refractivity (Wildman–Crippen MR) is 99.1 cm³/mol. The molecule has 7 heteroatoms. The average Bonchev–Trinajstić information content (AvgIpc) is 2.55. The third kappa shape index (κ3) is 3.66. The highest BCUT2D eigenvalue weighted by molar-refractivity contribution is 6.01. The molecule has 140 valence electrons. The second-order valence-electron chi connectivity index (χ2n) is 6.82. The molecular weight excluding hydrogens is 344 g/mol. The number of anilines is 1. The Bertz CT molecular complexity index is 662. The number of nitrogens with one attached hydrogen (secondary N) is 1. The Hall–Kier alpha value is -1.63. The first-order valence-electron chi connectivity index (χ1n) is 8.08. The minimum absolute atomic E-state index is 0. The van der Waals surface area contributed by atoms with Crippen molar-refractivity contribution in [2.45, 2.75) is 45.8 Å². The van der Waals surface area contributed by atoms with Crippen molar-refractivity contribution in [2.75, 3.05) is 19.0 Å². The van der Waals surface area contributed by atoms with Crippen molar-refractivity contribution >= 4 is 30.0 Å². The number of amides is 1. The molecule has 1 aromatic carbocycles. The maximum absolute atomic E-state index is 12.8. The highest BCUT2D eigenvalue weighted by atomic mass is 35.5. The molecule has 1 aliphatic carbocycles. The summed E-state index contributed by atoms with van der Waals surface area (Å²) in [7, 11) is 1.32. The fraction of sp³-hybridized carbons (Fsp3) is 0.556. The molecular formula is C18H27ClN2O4. The second kappa shape index (κ2) is 7.72. The minimum atomic E-state index is -1.01. The van der Waals surface area contributed by atoms with Gasteiger partial charge >= 0.3 is 5.97 Å². The van der Waals surface area contributed by atoms with Gasteiger partial charge in [0.15, 0.2) is 0 Å². The van der Waals surface area contributed by atoms with E-state index in [4.69, 9.17) is 15.2 Å². The van der Waals surface area contributed by atoms with Gasteiger partial charge in [0.05, 0.1) is 18.8 Å². The van der Waals surface area contributed by atoms with Crippen LogP contribution in [0.2, 0.25) is 0 Å². The normalized spacial score (nSPS) is 23.8. The molecule has 2 rings (SSSR count). The van der Waals surface area contributed by atoms with Crippen LogP contribution in [0.4, 0.5) is 5.69 Å². The van der Waals surface area contributed by atoms with Crippen LogP contribution in [0.1, 0.15) is 43.1 Å². The van der Waals surface area contributed by atoms with Gasteiger partial charge in [-0.2, -0.15) is 0 Å². The number of aryl methyl sites for hydroxylation is 1. The molecule has 0 bridgehead atoms. The standard InChI is InChI=1S/C18H26N2O4.ClH/c1-6-24-14-10-18(19,17(14,3)4)16(22)20-13-9-12(15(21)23-5)8-7-11(13)2;/h7-9,14H,6,10,19H2,1-5H3,(H,20,22);1H. The molecule has 3 N–H and O–H groups in total. The van der Waals surface area contributed by atoms with Gasteiger partial charge in [-0.1, -0.05) is 19.9 Å². The summed E-state index contributed by atoms with van der Waals surface area (Å²) < 4.78 is 10.4. The quantitative estimate of drug-likeness (QED) is 0.777. The van der Waals surface area contributed by atoms with E-state index in [0.717, 1.165) is 5.56 Å². The Morgan fingerprint density at radius 3 is 2.52 bits per heavy atom. The van der Waals surface area contributed by atoms with Crippen LogP contribution < -0.4 is 11.1 Å². The van der Waals surface area contributed by atoms with Crippen LogP contribution in [0, 0.1) is 12.3 Å². The van der Waals surface area contributed by atoms with Gasteiger partial charge in [-0.15, -0.1) is 12.4 Å². The molecule has 0 aromatic heterocycles. The van der Waals surface area contributed by atoms with Crippen molar-refractivity contribution in [3.8, 4) is 0 Å². The smallest absolute Gasteiger partial charge is 0.337 e. The summed E-state index contributed by atoms with van der Waals surface area (Å²) in [5.74, 6) is -0.720. The zero-order chi connectivity index (χ0) is 18.1. The Balaban J connectivity index is 0.00000312. The number of esters is 1. The van der Waals surface area contributed by atoms with Crippen molar-refractivity contribution in [2.24, 2.45) is 11.1 Å². The van der Waals surface area contributed by atoms with Crippen LogP contribution in [0.3, 0.4) is 0 Å². The SMILES string of the molecule is CCOC1CC(N)(C(=O)Nc2cc(C(=O)OC)ccc2C)C1(C)C.Cl. The van der Waals surface area contributed by atoms with Gasteiger partial charge in [0.2, 0.25) is 5.91 Å². The number of rotatable bonds is 5. The summed E-state index contributed by atoms with van der Waals surface area (Å²) in [4.78, 5) is 24.4. The van der Waals surface area contributed by atoms with E-state index in [1.54, 1.807) is 18.2 Å². The van der Waals surface area contributed by atoms with Crippen LogP contribution in [0.5, 0.6) is 0 Å². The molecule has 1 amide bonds. The maximum atomic E-state index is 12.8. The van der Waals surface area contributed by atoms with E-state index >= 15 is 0 Å². The number of methoxy groups -OCH3 is 1. The van der Waals surface area contributed by atoms with Gasteiger partial charge < -0.3 is 20.5 Å². The topological polar surface area (TPSA) is 90.6 Å². The summed E-state index contributed by atoms with van der Waals surface area (Å²) in [6, 6.07) is 5.03. The first-order valence-corrected chi connectivity index (χ1v) is 8.08. The van der Waals surface area contributed by atoms with E-state index in [9.17, 15) is 9.59 Å². The van der Waals surface area contributed by atoms with Gasteiger partial charge in [-0.05, 0) is 31.5 Å². The number of benzene rings is 1. The summed E-state index contributed by atoms with van der Waals surface area (Å²) in [6.07, 6.45) is 0.427. The molecule has 0 aliphatic heterocycles. The third-order valence-electron chi connectivity index (χ3n) is 5.14. The van der Waals surface area contributed by atoms with Crippen LogP contribution in [-0.2, 0) is 14.3 Å². The summed E-state index contributed by atoms with van der Waals surface area (Å²) in [5, 5.41) is 2.86. The molecule has 0 radical (unpaired) electrons. The summed E-state index contributed by atoms with van der Waals surface area (Å²) >= 11 is 0. The first kappa shape index (κ1) is 21.4. The minimum Gasteiger partial charge on any atom is -0.465 e. The Morgan fingerprint density at radius 1 is 1.36 bits per heavy atom. The Kier molecular flexibility index (Phi) is 6.61. The van der Waals surface area contributed by atoms with Crippen LogP contribution in [0.25, 0.3) is 0 Å². The van der Waals surface area contributed by atoms with E-state index in [-0.39, 0.29) is 24.4 Å². The fourth-order valence-electron chi connectivity index (χ4n) is 3.06. The number of carbonyl (C=O) groups excluding carboxylic acids is 2. The molecule has 6 nitrogen and oxygen atoms in total. The number of halogens is 1. The zero-order valence-electron chi connectivity index (χ0n) is 15.3. The van der Waals surface area contributed by atoms with Crippen molar-refractivity contribution in [1.82, 2.24) is 0 Å². The van der Waals surface area contributed by atoms with Gasteiger partial charge in [0, 0.05) is 24.1 Å². The molecule has 1 aliphatic rings. The largest absolute Gasteiger partial charge is 0.465 e. The summed E-state index contributed by atoms with van der Waals surface area (Å²) in [5.41, 5.74) is 6.68. The van der Waals surface area contributed by atoms with E-state index < -0.39 is 16.9 Å². The van der Waals surface area contributed by atoms with E-state index in [1.807, 2.05) is 27.7 Å². The molecule has 1 saturated carbocycles. The molecule has 0 spiro atoms. The van der Waals surface area contributed by atoms with E-state index in [0.29, 0.717) is 24.3 Å². The third-order valence-corrected chi connectivity index (χ3v) is 5.14. The van der Waals surface area contributed by atoms with Crippen LogP contribution >= 0.6 is 12.4 Å². The highest BCUT2D eigenvalue weighted by Crippen LogP contribution is 2.50. The number of hydrogen-bond donors (Lipinski definition) is 2. The number of hydrogen-bond acceptors (Lipinski definition) is 5. The van der Waals surface area contributed by atoms with Gasteiger partial charge in [-0.25, -0.2) is 4.79 Å². The van der Waals surface area contributed by atoms with Gasteiger partial charge in [-0.3, -0.25) is 4.79 Å². The van der Waals surface area contributed by atoms with Crippen molar-refractivity contribution in [3.05, 3.63) is 29.3 Å². The lowest BCUT2D eigenvalue weighted by atomic mass is 9.54. The molecule has 2 unspecified atom stereocenters. The maximum Gasteiger partial charge on any atom is 0.337 e. The molecule has 2 atom stereocenters. The van der Waals surface area contributed by atoms with Gasteiger partial charge in [0.1, 0.15) is 5.54 Å². The average molecular weight is 371 g/mol. The van der Waals surface area contributed by atoms with E-state index in [1.165, 1.54) is 7.11 Å². The Morgan fingerprint density at radius 2 is 2.00 bits per heavy atom. The van der Waals surface area contributed by atoms with Crippen molar-refractivity contribution in [3.63, 3.8) is 0 Å². The number of nitrogens with two attached hydrogens (primary N) is 1. The van der Waals surface area contributed by atoms with Gasteiger partial charge in [0.25, 0.3) is 0 Å². The zero-order valence-corrected chi connectivity index (χ0v) is 16.2. The van der Waals surface area contributed by atoms with Crippen LogP contribution in [0.15, 0.2) is 18.2 Å². The summed E-state index contributed by atoms with van der Waals surface area (Å²) in [6.45, 7) is 8.25. The van der Waals surface area contributed by atoms with Crippen molar-refractivity contribution in [1.29, 1.82) is 0 Å². The fourth-order valence-corrected chi connectivity index (χ4v) is 3.06. The highest BCUT2D eigenvalue weighted by Gasteiger charge is 2.62. The lowest BCUT2D eigenvalue weighted by Gasteiger charge is -2.57. The Labute approximate surface area is 154 Å². The predicted octanol–water partition coefficient (Wildman–Crippen LogP) is 2.67. The van der Waals surface area contributed by atoms with E-state index in [2.05, 4.69) is 5.32 Å². The first-order chi connectivity index (χ1) is 11.2. The lowest BCUT2D eigenvalue weighted by Crippen LogP contribution is -2.74.